The van der Waals surface area contributed by atoms with Crippen molar-refractivity contribution in [1.82, 2.24) is 10.3 Å². The number of hydrogen-bond donors (Lipinski definition) is 4. The van der Waals surface area contributed by atoms with Gasteiger partial charge in [-0.1, -0.05) is 109 Å². The molecule has 0 saturated carbocycles. The monoisotopic (exact) mass is 580 g/mol. The lowest BCUT2D eigenvalue weighted by Crippen LogP contribution is -2.42. The maximum Gasteiger partial charge on any atom is 0.326 e. The molecule has 6 nitrogen and oxygen atoms in total. The average Bonchev–Trinajstić information content (AvgIpc) is 3.43. The molecule has 0 saturated heterocycles. The van der Waals surface area contributed by atoms with E-state index in [0.717, 1.165) is 28.5 Å². The molecule has 0 aliphatic rings. The number of rotatable bonds is 11. The van der Waals surface area contributed by atoms with Gasteiger partial charge in [-0.25, -0.2) is 4.79 Å². The highest BCUT2D eigenvalue weighted by Gasteiger charge is 2.22. The summed E-state index contributed by atoms with van der Waals surface area (Å²) in [6, 6.07) is 35.6. The molecule has 4 N–H and O–H groups in total. The fourth-order valence-corrected chi connectivity index (χ4v) is 5.81. The number of para-hydroxylation sites is 1. The number of aryl methyl sites for hydroxylation is 2. The van der Waals surface area contributed by atoms with Gasteiger partial charge in [0.25, 0.3) is 0 Å². The summed E-state index contributed by atoms with van der Waals surface area (Å²) in [6.45, 7) is 2.11. The summed E-state index contributed by atoms with van der Waals surface area (Å²) in [5.74, 6) is -1.42. The van der Waals surface area contributed by atoms with E-state index in [4.69, 9.17) is 0 Å². The number of H-pyrrole nitrogens is 1. The van der Waals surface area contributed by atoms with E-state index in [0.29, 0.717) is 12.3 Å². The number of carboxylic acids is 1. The van der Waals surface area contributed by atoms with Crippen LogP contribution in [-0.2, 0) is 22.4 Å². The van der Waals surface area contributed by atoms with Crippen molar-refractivity contribution >= 4 is 30.9 Å². The van der Waals surface area contributed by atoms with Gasteiger partial charge in [0, 0.05) is 44.3 Å². The molecule has 7 heteroatoms. The zero-order valence-corrected chi connectivity index (χ0v) is 24.6. The summed E-state index contributed by atoms with van der Waals surface area (Å²) in [4.78, 5) is 37.2. The van der Waals surface area contributed by atoms with Crippen molar-refractivity contribution < 1.29 is 19.6 Å². The summed E-state index contributed by atoms with van der Waals surface area (Å²) in [6.07, 6.45) is 3.87. The number of aromatic nitrogens is 1. The number of carbonyl (C=O) groups excluding carboxylic acids is 1. The van der Waals surface area contributed by atoms with E-state index in [-0.39, 0.29) is 18.7 Å². The minimum absolute atomic E-state index is 0.120. The Labute approximate surface area is 248 Å². The predicted octanol–water partition coefficient (Wildman–Crippen LogP) is 6.96. The Kier molecular flexibility index (Phi) is 11.5. The second kappa shape index (κ2) is 15.7. The van der Waals surface area contributed by atoms with Crippen LogP contribution >= 0.6 is 8.15 Å². The molecule has 0 radical (unpaired) electrons. The Hall–Kier alpha value is -4.25. The van der Waals surface area contributed by atoms with Gasteiger partial charge in [-0.15, -0.1) is 0 Å². The van der Waals surface area contributed by atoms with E-state index in [9.17, 15) is 19.6 Å². The minimum atomic E-state index is -1.25. The number of carboxylic acid groups (broad SMARTS) is 1. The third-order valence-electron chi connectivity index (χ3n) is 6.99. The lowest BCUT2D eigenvalue weighted by molar-refractivity contribution is -0.141. The molecule has 0 aliphatic heterocycles. The predicted molar refractivity (Wildman–Crippen MR) is 172 cm³/mol. The first-order chi connectivity index (χ1) is 20.4. The number of nitrogens with one attached hydrogen (secondary N) is 2. The van der Waals surface area contributed by atoms with Crippen LogP contribution in [0.2, 0.25) is 0 Å². The summed E-state index contributed by atoms with van der Waals surface area (Å²) in [5.41, 5.74) is 6.81. The maximum atomic E-state index is 12.2. The standard InChI is InChI=1S/C22H25N2O4P.C13H12/c25-21(11-13-29(28)12-10-16-6-2-1-3-7-16)24-20(22(26)27)14-17-15-23-19-9-5-4-8-18(17)19;1-11-7-9-13(10-8-11)12-5-3-2-4-6-12/h1-9,15,20,23,28H,10-14H2,(H,24,25)(H,26,27);2-10H,1H3/t20-,29?;/m0./s1. The molecule has 216 valence electrons. The third kappa shape index (κ3) is 9.41. The van der Waals surface area contributed by atoms with Gasteiger partial charge in [-0.3, -0.25) is 4.79 Å². The van der Waals surface area contributed by atoms with Crippen molar-refractivity contribution in [3.63, 3.8) is 0 Å². The molecular weight excluding hydrogens is 543 g/mol. The molecular formula is C35H37N2O4P. The van der Waals surface area contributed by atoms with Crippen LogP contribution in [0.1, 0.15) is 23.1 Å². The van der Waals surface area contributed by atoms with Gasteiger partial charge in [0.05, 0.1) is 0 Å². The first-order valence-corrected chi connectivity index (χ1v) is 15.7. The fraction of sp³-hybridized carbons (Fsp3) is 0.200. The van der Waals surface area contributed by atoms with Crippen molar-refractivity contribution in [2.75, 3.05) is 12.3 Å². The molecule has 1 amide bonds. The lowest BCUT2D eigenvalue weighted by Gasteiger charge is -2.15. The SMILES string of the molecule is Cc1ccc(-c2ccccc2)cc1.O=C(CCP(O)CCc1ccccc1)N[C@@H](Cc1c[nH]c2ccccc12)C(=O)O. The van der Waals surface area contributed by atoms with Gasteiger partial charge in [0.2, 0.25) is 5.91 Å². The summed E-state index contributed by atoms with van der Waals surface area (Å²) < 4.78 is 0. The molecule has 1 heterocycles. The van der Waals surface area contributed by atoms with Crippen LogP contribution in [0.25, 0.3) is 22.0 Å². The average molecular weight is 581 g/mol. The first-order valence-electron chi connectivity index (χ1n) is 14.1. The molecule has 5 rings (SSSR count). The maximum absolute atomic E-state index is 12.2. The van der Waals surface area contributed by atoms with E-state index in [2.05, 4.69) is 65.8 Å². The van der Waals surface area contributed by atoms with Gasteiger partial charge in [-0.2, -0.15) is 0 Å². The molecule has 0 bridgehead atoms. The molecule has 1 unspecified atom stereocenters. The van der Waals surface area contributed by atoms with Crippen LogP contribution in [0.5, 0.6) is 0 Å². The van der Waals surface area contributed by atoms with Crippen LogP contribution in [0.4, 0.5) is 0 Å². The van der Waals surface area contributed by atoms with Crippen molar-refractivity contribution in [2.45, 2.75) is 32.2 Å². The molecule has 0 fully saturated rings. The van der Waals surface area contributed by atoms with Crippen LogP contribution in [0, 0.1) is 6.92 Å². The van der Waals surface area contributed by atoms with Gasteiger partial charge in [0.1, 0.15) is 6.04 Å². The molecule has 4 aromatic carbocycles. The van der Waals surface area contributed by atoms with Crippen molar-refractivity contribution in [1.29, 1.82) is 0 Å². The number of hydrogen-bond acceptors (Lipinski definition) is 3. The summed E-state index contributed by atoms with van der Waals surface area (Å²) >= 11 is 0. The zero-order valence-electron chi connectivity index (χ0n) is 23.7. The number of aliphatic carboxylic acids is 1. The Morgan fingerprint density at radius 2 is 1.43 bits per heavy atom. The van der Waals surface area contributed by atoms with E-state index >= 15 is 0 Å². The Morgan fingerprint density at radius 3 is 2.12 bits per heavy atom. The Balaban J connectivity index is 0.000000258. The molecule has 1 aromatic heterocycles. The van der Waals surface area contributed by atoms with E-state index in [1.54, 1.807) is 6.20 Å². The quantitative estimate of drug-likeness (QED) is 0.127. The van der Waals surface area contributed by atoms with Gasteiger partial charge >= 0.3 is 5.97 Å². The van der Waals surface area contributed by atoms with Crippen molar-refractivity contribution in [3.05, 3.63) is 132 Å². The van der Waals surface area contributed by atoms with E-state index < -0.39 is 20.2 Å². The van der Waals surface area contributed by atoms with Gasteiger partial charge in [0.15, 0.2) is 0 Å². The van der Waals surface area contributed by atoms with Crippen LogP contribution < -0.4 is 5.32 Å². The zero-order chi connectivity index (χ0) is 29.7. The minimum Gasteiger partial charge on any atom is -0.480 e. The number of aromatic amines is 1. The topological polar surface area (TPSA) is 102 Å². The molecule has 2 atom stereocenters. The molecule has 42 heavy (non-hydrogen) atoms. The molecule has 5 aromatic rings. The second-order valence-electron chi connectivity index (χ2n) is 10.2. The molecule has 0 spiro atoms. The largest absolute Gasteiger partial charge is 0.480 e. The van der Waals surface area contributed by atoms with Gasteiger partial charge < -0.3 is 20.3 Å². The third-order valence-corrected chi connectivity index (χ3v) is 8.47. The van der Waals surface area contributed by atoms with Crippen LogP contribution in [0.3, 0.4) is 0 Å². The Bertz CT molecular complexity index is 1550. The van der Waals surface area contributed by atoms with E-state index in [1.165, 1.54) is 16.7 Å². The number of carbonyl (C=O) groups is 2. The van der Waals surface area contributed by atoms with Crippen molar-refractivity contribution in [3.8, 4) is 11.1 Å². The smallest absolute Gasteiger partial charge is 0.326 e. The van der Waals surface area contributed by atoms with Crippen LogP contribution in [0.15, 0.2) is 115 Å². The van der Waals surface area contributed by atoms with Gasteiger partial charge in [-0.05, 0) is 47.8 Å². The van der Waals surface area contributed by atoms with Crippen LogP contribution in [-0.4, -0.2) is 45.2 Å². The number of fused-ring (bicyclic) bond motifs is 1. The molecule has 0 aliphatic carbocycles. The summed E-state index contributed by atoms with van der Waals surface area (Å²) in [7, 11) is -1.25. The fourth-order valence-electron chi connectivity index (χ4n) is 4.61. The van der Waals surface area contributed by atoms with Crippen molar-refractivity contribution in [2.24, 2.45) is 0 Å². The van der Waals surface area contributed by atoms with E-state index in [1.807, 2.05) is 60.7 Å². The first kappa shape index (κ1) is 30.7. The normalized spacial score (nSPS) is 12.1. The highest BCUT2D eigenvalue weighted by molar-refractivity contribution is 7.51. The highest BCUT2D eigenvalue weighted by atomic mass is 31.1. The lowest BCUT2D eigenvalue weighted by atomic mass is 10.0. The Morgan fingerprint density at radius 1 is 0.810 bits per heavy atom. The number of amides is 1. The second-order valence-corrected chi connectivity index (χ2v) is 12.1. The highest BCUT2D eigenvalue weighted by Crippen LogP contribution is 2.31. The number of benzene rings is 4. The summed E-state index contributed by atoms with van der Waals surface area (Å²) in [5, 5.41) is 13.1.